The molecule has 0 aliphatic carbocycles. The highest BCUT2D eigenvalue weighted by atomic mass is 16.5. The number of carbonyl (C=O) groups excluding carboxylic acids is 2. The Morgan fingerprint density at radius 1 is 1.21 bits per heavy atom. The summed E-state index contributed by atoms with van der Waals surface area (Å²) in [7, 11) is 0. The molecular weight excluding hydrogens is 372 g/mol. The van der Waals surface area contributed by atoms with Crippen LogP contribution in [0, 0.1) is 5.92 Å². The van der Waals surface area contributed by atoms with Crippen molar-refractivity contribution in [3.63, 3.8) is 0 Å². The minimum Gasteiger partial charge on any atom is -0.370 e. The van der Waals surface area contributed by atoms with Crippen molar-refractivity contribution in [3.8, 4) is 0 Å². The minimum atomic E-state index is -0.417. The molecule has 2 amide bonds. The molecular formula is C21H26N4O4. The van der Waals surface area contributed by atoms with Gasteiger partial charge in [-0.15, -0.1) is 0 Å². The predicted octanol–water partition coefficient (Wildman–Crippen LogP) is 2.40. The number of anilines is 1. The van der Waals surface area contributed by atoms with Crippen LogP contribution >= 0.6 is 0 Å². The Labute approximate surface area is 169 Å². The van der Waals surface area contributed by atoms with Crippen LogP contribution in [0.25, 0.3) is 0 Å². The molecule has 1 saturated heterocycles. The first-order valence-electron chi connectivity index (χ1n) is 9.71. The van der Waals surface area contributed by atoms with Gasteiger partial charge in [-0.3, -0.25) is 14.4 Å². The zero-order valence-electron chi connectivity index (χ0n) is 16.8. The van der Waals surface area contributed by atoms with Crippen LogP contribution in [0.3, 0.4) is 0 Å². The van der Waals surface area contributed by atoms with Crippen LogP contribution in [-0.2, 0) is 9.53 Å². The fraction of sp³-hybridized carbons (Fsp3) is 0.429. The van der Waals surface area contributed by atoms with Crippen molar-refractivity contribution >= 4 is 17.5 Å². The van der Waals surface area contributed by atoms with E-state index in [4.69, 9.17) is 4.74 Å². The number of nitrogens with one attached hydrogen (secondary N) is 3. The van der Waals surface area contributed by atoms with Gasteiger partial charge in [0.05, 0.1) is 12.2 Å². The number of carbonyl (C=O) groups is 2. The molecule has 0 bridgehead atoms. The van der Waals surface area contributed by atoms with Gasteiger partial charge in [0, 0.05) is 24.7 Å². The third-order valence-corrected chi connectivity index (χ3v) is 4.93. The second-order valence-corrected chi connectivity index (χ2v) is 7.66. The SMILES string of the molecule is CC(=O)N[C@H]1C[C@@H](c2cccc(NC(=O)c3ccc(=O)[nH]n3)c2)O[C@@H](C(C)C)C1. The highest BCUT2D eigenvalue weighted by Crippen LogP contribution is 2.35. The van der Waals surface area contributed by atoms with Gasteiger partial charge in [-0.1, -0.05) is 26.0 Å². The standard InChI is InChI=1S/C21H26N4O4/c1-12(2)18-10-16(22-13(3)26)11-19(29-18)14-5-4-6-15(9-14)23-21(28)17-7-8-20(27)25-24-17/h4-9,12,16,18-19H,10-11H2,1-3H3,(H,22,26)(H,23,28)(H,25,27)/t16-,18-,19+/m1/s1. The molecule has 29 heavy (non-hydrogen) atoms. The van der Waals surface area contributed by atoms with Crippen LogP contribution in [0.2, 0.25) is 0 Å². The van der Waals surface area contributed by atoms with Gasteiger partial charge in [0.25, 0.3) is 11.5 Å². The maximum atomic E-state index is 12.4. The highest BCUT2D eigenvalue weighted by Gasteiger charge is 2.32. The predicted molar refractivity (Wildman–Crippen MR) is 109 cm³/mol. The quantitative estimate of drug-likeness (QED) is 0.716. The lowest BCUT2D eigenvalue weighted by molar-refractivity contribution is -0.123. The van der Waals surface area contributed by atoms with E-state index in [2.05, 4.69) is 34.7 Å². The van der Waals surface area contributed by atoms with E-state index >= 15 is 0 Å². The molecule has 3 N–H and O–H groups in total. The topological polar surface area (TPSA) is 113 Å². The van der Waals surface area contributed by atoms with E-state index in [0.29, 0.717) is 18.0 Å². The Morgan fingerprint density at radius 3 is 2.66 bits per heavy atom. The number of hydrogen-bond donors (Lipinski definition) is 3. The number of rotatable bonds is 5. The van der Waals surface area contributed by atoms with Crippen LogP contribution in [0.5, 0.6) is 0 Å². The summed E-state index contributed by atoms with van der Waals surface area (Å²) in [5.41, 5.74) is 1.28. The summed E-state index contributed by atoms with van der Waals surface area (Å²) >= 11 is 0. The number of aromatic amines is 1. The molecule has 3 atom stereocenters. The molecule has 1 aliphatic rings. The van der Waals surface area contributed by atoms with Crippen molar-refractivity contribution in [1.29, 1.82) is 0 Å². The lowest BCUT2D eigenvalue weighted by Gasteiger charge is -2.38. The molecule has 0 unspecified atom stereocenters. The summed E-state index contributed by atoms with van der Waals surface area (Å²) < 4.78 is 6.29. The van der Waals surface area contributed by atoms with E-state index in [-0.39, 0.29) is 35.4 Å². The molecule has 0 saturated carbocycles. The van der Waals surface area contributed by atoms with Gasteiger partial charge in [0.15, 0.2) is 0 Å². The van der Waals surface area contributed by atoms with Gasteiger partial charge in [-0.05, 0) is 42.5 Å². The number of benzene rings is 1. The second-order valence-electron chi connectivity index (χ2n) is 7.66. The number of H-pyrrole nitrogens is 1. The third-order valence-electron chi connectivity index (χ3n) is 4.93. The Kier molecular flexibility index (Phi) is 6.43. The normalized spacial score (nSPS) is 21.6. The maximum absolute atomic E-state index is 12.4. The number of nitrogens with zero attached hydrogens (tertiary/aromatic N) is 1. The monoisotopic (exact) mass is 398 g/mol. The van der Waals surface area contributed by atoms with Gasteiger partial charge in [-0.2, -0.15) is 5.10 Å². The Balaban J connectivity index is 1.76. The van der Waals surface area contributed by atoms with Gasteiger partial charge < -0.3 is 15.4 Å². The van der Waals surface area contributed by atoms with Crippen LogP contribution in [0.4, 0.5) is 5.69 Å². The van der Waals surface area contributed by atoms with Gasteiger partial charge in [0.1, 0.15) is 5.69 Å². The summed E-state index contributed by atoms with van der Waals surface area (Å²) in [6.45, 7) is 5.73. The Bertz CT molecular complexity index is 920. The number of ether oxygens (including phenoxy) is 1. The van der Waals surface area contributed by atoms with E-state index in [1.807, 2.05) is 18.2 Å². The molecule has 3 rings (SSSR count). The largest absolute Gasteiger partial charge is 0.370 e. The van der Waals surface area contributed by atoms with Crippen LogP contribution < -0.4 is 16.2 Å². The fourth-order valence-corrected chi connectivity index (χ4v) is 3.49. The molecule has 154 valence electrons. The van der Waals surface area contributed by atoms with Crippen molar-refractivity contribution in [2.75, 3.05) is 5.32 Å². The average Bonchev–Trinajstić information content (AvgIpc) is 2.68. The minimum absolute atomic E-state index is 0.0363. The van der Waals surface area contributed by atoms with Crippen molar-refractivity contribution in [1.82, 2.24) is 15.5 Å². The maximum Gasteiger partial charge on any atom is 0.276 e. The first kappa shape index (κ1) is 20.7. The molecule has 8 nitrogen and oxygen atoms in total. The van der Waals surface area contributed by atoms with E-state index in [0.717, 1.165) is 12.0 Å². The van der Waals surface area contributed by atoms with Crippen molar-refractivity contribution in [2.24, 2.45) is 5.92 Å². The first-order chi connectivity index (χ1) is 13.8. The molecule has 8 heteroatoms. The van der Waals surface area contributed by atoms with Crippen LogP contribution in [-0.4, -0.2) is 34.2 Å². The first-order valence-corrected chi connectivity index (χ1v) is 9.71. The van der Waals surface area contributed by atoms with Gasteiger partial charge >= 0.3 is 0 Å². The molecule has 1 fully saturated rings. The van der Waals surface area contributed by atoms with Crippen molar-refractivity contribution < 1.29 is 14.3 Å². The summed E-state index contributed by atoms with van der Waals surface area (Å²) in [5.74, 6) is -0.144. The van der Waals surface area contributed by atoms with Crippen molar-refractivity contribution in [3.05, 3.63) is 58.0 Å². The van der Waals surface area contributed by atoms with Crippen molar-refractivity contribution in [2.45, 2.75) is 51.9 Å². The van der Waals surface area contributed by atoms with Gasteiger partial charge in [0.2, 0.25) is 5.91 Å². The average molecular weight is 398 g/mol. The summed E-state index contributed by atoms with van der Waals surface area (Å²) in [4.78, 5) is 35.0. The van der Waals surface area contributed by atoms with E-state index in [1.165, 1.54) is 19.1 Å². The number of hydrogen-bond acceptors (Lipinski definition) is 5. The number of aromatic nitrogens is 2. The molecule has 2 aromatic rings. The van der Waals surface area contributed by atoms with E-state index < -0.39 is 5.91 Å². The molecule has 1 aliphatic heterocycles. The molecule has 1 aromatic heterocycles. The Morgan fingerprint density at radius 2 is 2.00 bits per heavy atom. The van der Waals surface area contributed by atoms with E-state index in [1.54, 1.807) is 6.07 Å². The molecule has 0 radical (unpaired) electrons. The summed E-state index contributed by atoms with van der Waals surface area (Å²) in [6, 6.07) is 10.1. The zero-order valence-corrected chi connectivity index (χ0v) is 16.8. The lowest BCUT2D eigenvalue weighted by Crippen LogP contribution is -2.43. The Hall–Kier alpha value is -3.00. The lowest BCUT2D eigenvalue weighted by atomic mass is 9.89. The molecule has 1 aromatic carbocycles. The van der Waals surface area contributed by atoms with E-state index in [9.17, 15) is 14.4 Å². The smallest absolute Gasteiger partial charge is 0.276 e. The highest BCUT2D eigenvalue weighted by molar-refractivity contribution is 6.02. The van der Waals surface area contributed by atoms with Crippen LogP contribution in [0.15, 0.2) is 41.2 Å². The number of amides is 2. The van der Waals surface area contributed by atoms with Crippen LogP contribution in [0.1, 0.15) is 55.8 Å². The fourth-order valence-electron chi connectivity index (χ4n) is 3.49. The molecule has 0 spiro atoms. The summed E-state index contributed by atoms with van der Waals surface area (Å²) in [5, 5.41) is 11.8. The summed E-state index contributed by atoms with van der Waals surface area (Å²) in [6.07, 6.45) is 1.30. The zero-order chi connectivity index (χ0) is 21.0. The van der Waals surface area contributed by atoms with Gasteiger partial charge in [-0.25, -0.2) is 5.10 Å². The molecule has 2 heterocycles. The third kappa shape index (κ3) is 5.51. The second kappa shape index (κ2) is 9.00.